The highest BCUT2D eigenvalue weighted by Crippen LogP contribution is 2.39. The largest absolute Gasteiger partial charge is 0.335 e. The molecule has 1 aliphatic heterocycles. The van der Waals surface area contributed by atoms with Crippen molar-refractivity contribution in [3.05, 3.63) is 62.5 Å². The van der Waals surface area contributed by atoms with Gasteiger partial charge in [-0.05, 0) is 38.5 Å². The molecule has 0 radical (unpaired) electrons. The van der Waals surface area contributed by atoms with Crippen LogP contribution in [0.4, 0.5) is 0 Å². The molecule has 0 unspecified atom stereocenters. The zero-order valence-corrected chi connectivity index (χ0v) is 19.2. The van der Waals surface area contributed by atoms with Gasteiger partial charge in [0.05, 0.1) is 5.71 Å². The van der Waals surface area contributed by atoms with Crippen molar-refractivity contribution in [2.24, 2.45) is 4.99 Å². The molecule has 3 heterocycles. The molecule has 4 rings (SSSR count). The van der Waals surface area contributed by atoms with Crippen molar-refractivity contribution in [2.45, 2.75) is 26.8 Å². The highest BCUT2D eigenvalue weighted by Gasteiger charge is 2.33. The van der Waals surface area contributed by atoms with Gasteiger partial charge in [0.25, 0.3) is 0 Å². The average molecular weight is 466 g/mol. The van der Waals surface area contributed by atoms with E-state index in [4.69, 9.17) is 16.6 Å². The quantitative estimate of drug-likeness (QED) is 0.594. The number of aryl methyl sites for hydroxylation is 2. The monoisotopic (exact) mass is 465 g/mol. The van der Waals surface area contributed by atoms with Crippen molar-refractivity contribution in [1.82, 2.24) is 19.1 Å². The van der Waals surface area contributed by atoms with Crippen LogP contribution in [0, 0.1) is 20.8 Å². The summed E-state index contributed by atoms with van der Waals surface area (Å²) in [7, 11) is -3.07. The van der Waals surface area contributed by atoms with Gasteiger partial charge >= 0.3 is 10.3 Å². The average Bonchev–Trinajstić information content (AvgIpc) is 3.14. The zero-order chi connectivity index (χ0) is 21.8. The third kappa shape index (κ3) is 3.58. The first-order chi connectivity index (χ1) is 14.1. The van der Waals surface area contributed by atoms with E-state index in [0.29, 0.717) is 16.7 Å². The number of nitrogens with zero attached hydrogens (tertiary/aromatic N) is 5. The molecule has 3 aromatic rings. The van der Waals surface area contributed by atoms with Crippen molar-refractivity contribution in [2.75, 3.05) is 13.6 Å². The molecule has 1 aliphatic rings. The fourth-order valence-corrected chi connectivity index (χ4v) is 5.13. The van der Waals surface area contributed by atoms with Crippen LogP contribution >= 0.6 is 22.9 Å². The second-order valence-corrected chi connectivity index (χ2v) is 10.3. The molecule has 158 valence electrons. The van der Waals surface area contributed by atoms with Crippen molar-refractivity contribution in [3.8, 4) is 5.00 Å². The summed E-state index contributed by atoms with van der Waals surface area (Å²) in [6.07, 6.45) is 0. The van der Waals surface area contributed by atoms with E-state index < -0.39 is 16.3 Å². The minimum absolute atomic E-state index is 0.0823. The maximum absolute atomic E-state index is 11.6. The van der Waals surface area contributed by atoms with Gasteiger partial charge in [-0.2, -0.15) is 12.7 Å². The SMILES string of the molecule is Cc1sc2c(c1C)C(c1ccc(Cl)cc1)=N[C@H](CN(C)S(=O)(=O)O)c1nnc(C)n1-2. The lowest BCUT2D eigenvalue weighted by Crippen LogP contribution is -2.31. The van der Waals surface area contributed by atoms with Gasteiger partial charge in [0, 0.05) is 34.6 Å². The van der Waals surface area contributed by atoms with E-state index in [0.717, 1.165) is 36.6 Å². The van der Waals surface area contributed by atoms with E-state index in [1.807, 2.05) is 30.5 Å². The van der Waals surface area contributed by atoms with E-state index in [9.17, 15) is 13.0 Å². The number of halogens is 1. The molecular weight excluding hydrogens is 446 g/mol. The first kappa shape index (κ1) is 21.1. The molecule has 8 nitrogen and oxygen atoms in total. The van der Waals surface area contributed by atoms with Gasteiger partial charge in [-0.1, -0.05) is 23.7 Å². The number of likely N-dealkylation sites (N-methyl/N-ethyl adjacent to an activating group) is 1. The second-order valence-electron chi connectivity index (χ2n) is 7.16. The normalized spacial score (nSPS) is 16.2. The van der Waals surface area contributed by atoms with E-state index in [1.54, 1.807) is 23.5 Å². The summed E-state index contributed by atoms with van der Waals surface area (Å²) in [5.74, 6) is 1.20. The number of aliphatic imine (C=N–C) groups is 1. The molecule has 2 aromatic heterocycles. The van der Waals surface area contributed by atoms with Crippen molar-refractivity contribution in [1.29, 1.82) is 0 Å². The van der Waals surface area contributed by atoms with E-state index in [-0.39, 0.29) is 6.54 Å². The highest BCUT2D eigenvalue weighted by molar-refractivity contribution is 7.83. The molecule has 0 saturated heterocycles. The van der Waals surface area contributed by atoms with Crippen LogP contribution in [0.1, 0.15) is 39.3 Å². The molecule has 0 fully saturated rings. The lowest BCUT2D eigenvalue weighted by molar-refractivity contribution is 0.369. The van der Waals surface area contributed by atoms with Crippen molar-refractivity contribution >= 4 is 39.0 Å². The maximum Gasteiger partial charge on any atom is 0.335 e. The Balaban J connectivity index is 1.99. The first-order valence-electron chi connectivity index (χ1n) is 9.13. The van der Waals surface area contributed by atoms with Crippen LogP contribution in [-0.2, 0) is 10.3 Å². The predicted octanol–water partition coefficient (Wildman–Crippen LogP) is 3.53. The Bertz CT molecular complexity index is 1260. The Morgan fingerprint density at radius 3 is 2.50 bits per heavy atom. The van der Waals surface area contributed by atoms with Gasteiger partial charge in [0.2, 0.25) is 0 Å². The molecule has 1 aromatic carbocycles. The van der Waals surface area contributed by atoms with E-state index in [1.165, 1.54) is 7.05 Å². The van der Waals surface area contributed by atoms with E-state index >= 15 is 0 Å². The number of fused-ring (bicyclic) bond motifs is 3. The van der Waals surface area contributed by atoms with Gasteiger partial charge in [0.15, 0.2) is 5.82 Å². The smallest absolute Gasteiger partial charge is 0.273 e. The number of rotatable bonds is 4. The summed E-state index contributed by atoms with van der Waals surface area (Å²) < 4.78 is 35.5. The fraction of sp³-hybridized carbons (Fsp3) is 0.316. The van der Waals surface area contributed by atoms with Gasteiger partial charge in [-0.3, -0.25) is 14.1 Å². The Labute approximate surface area is 183 Å². The second kappa shape index (κ2) is 7.54. The van der Waals surface area contributed by atoms with Crippen LogP contribution in [-0.4, -0.2) is 51.3 Å². The topological polar surface area (TPSA) is 101 Å². The molecule has 1 atom stereocenters. The van der Waals surface area contributed by atoms with Crippen LogP contribution < -0.4 is 0 Å². The molecule has 0 saturated carbocycles. The molecule has 11 heteroatoms. The molecule has 0 spiro atoms. The van der Waals surface area contributed by atoms with Crippen LogP contribution in [0.3, 0.4) is 0 Å². The number of benzene rings is 1. The molecule has 0 amide bonds. The fourth-order valence-electron chi connectivity index (χ4n) is 3.46. The number of hydrogen-bond donors (Lipinski definition) is 1. The molecule has 30 heavy (non-hydrogen) atoms. The Hall–Kier alpha value is -2.11. The van der Waals surface area contributed by atoms with Crippen LogP contribution in [0.25, 0.3) is 5.00 Å². The van der Waals surface area contributed by atoms with Gasteiger partial charge in [0.1, 0.15) is 16.9 Å². The van der Waals surface area contributed by atoms with Crippen molar-refractivity contribution in [3.63, 3.8) is 0 Å². The van der Waals surface area contributed by atoms with Crippen LogP contribution in [0.5, 0.6) is 0 Å². The Kier molecular flexibility index (Phi) is 5.31. The summed E-state index contributed by atoms with van der Waals surface area (Å²) in [6.45, 7) is 5.86. The first-order valence-corrected chi connectivity index (χ1v) is 11.7. The maximum atomic E-state index is 11.6. The Morgan fingerprint density at radius 2 is 1.87 bits per heavy atom. The molecule has 1 N–H and O–H groups in total. The molecule has 0 bridgehead atoms. The molecule has 0 aliphatic carbocycles. The predicted molar refractivity (Wildman–Crippen MR) is 117 cm³/mol. The van der Waals surface area contributed by atoms with Crippen LogP contribution in [0.2, 0.25) is 5.02 Å². The Morgan fingerprint density at radius 1 is 1.20 bits per heavy atom. The van der Waals surface area contributed by atoms with Gasteiger partial charge in [-0.25, -0.2) is 0 Å². The third-order valence-corrected chi connectivity index (χ3v) is 7.56. The summed E-state index contributed by atoms with van der Waals surface area (Å²) in [5, 5.41) is 10.1. The molecular formula is C19H20ClN5O3S2. The summed E-state index contributed by atoms with van der Waals surface area (Å²) >= 11 is 7.70. The standard InChI is InChI=1S/C19H20ClN5O3S2/c1-10-11(2)29-19-16(10)17(13-5-7-14(20)8-6-13)21-15(9-24(4)30(26,27)28)18-23-22-12(3)25(18)19/h5-8,15H,9H2,1-4H3,(H,26,27,28)/t15-/m1/s1. The minimum atomic E-state index is -4.37. The number of thiophene rings is 1. The zero-order valence-electron chi connectivity index (χ0n) is 16.8. The summed E-state index contributed by atoms with van der Waals surface area (Å²) in [5.41, 5.74) is 3.63. The summed E-state index contributed by atoms with van der Waals surface area (Å²) in [6, 6.07) is 6.70. The lowest BCUT2D eigenvalue weighted by atomic mass is 10.00. The highest BCUT2D eigenvalue weighted by atomic mass is 35.5. The number of aromatic nitrogens is 3. The summed E-state index contributed by atoms with van der Waals surface area (Å²) in [4.78, 5) is 6.09. The van der Waals surface area contributed by atoms with E-state index in [2.05, 4.69) is 17.1 Å². The lowest BCUT2D eigenvalue weighted by Gasteiger charge is -2.18. The van der Waals surface area contributed by atoms with Crippen molar-refractivity contribution < 1.29 is 13.0 Å². The van der Waals surface area contributed by atoms with Gasteiger partial charge < -0.3 is 0 Å². The third-order valence-electron chi connectivity index (χ3n) is 5.18. The number of hydrogen-bond acceptors (Lipinski definition) is 6. The minimum Gasteiger partial charge on any atom is -0.273 e. The van der Waals surface area contributed by atoms with Gasteiger partial charge in [-0.15, -0.1) is 21.5 Å². The van der Waals surface area contributed by atoms with Crippen LogP contribution in [0.15, 0.2) is 29.3 Å².